The molecule has 2 unspecified atom stereocenters. The summed E-state index contributed by atoms with van der Waals surface area (Å²) in [6.45, 7) is 8.95. The molecular formula is C22H27N. The van der Waals surface area contributed by atoms with Gasteiger partial charge >= 0.3 is 0 Å². The zero-order chi connectivity index (χ0) is 16.4. The number of fused-ring (bicyclic) bond motifs is 3. The Balaban J connectivity index is 1.89. The minimum atomic E-state index is 0.549. The SMILES string of the molecule is C=C1Cc2cc(CCCCC#N)cc(C)c2C2C=C(C)CCC12. The van der Waals surface area contributed by atoms with Crippen LogP contribution < -0.4 is 0 Å². The molecule has 1 nitrogen and oxygen atoms in total. The molecule has 120 valence electrons. The smallest absolute Gasteiger partial charge is 0.0621 e. The summed E-state index contributed by atoms with van der Waals surface area (Å²) in [6, 6.07) is 7.03. The van der Waals surface area contributed by atoms with Crippen molar-refractivity contribution in [3.05, 3.63) is 58.2 Å². The van der Waals surface area contributed by atoms with Crippen LogP contribution in [-0.2, 0) is 12.8 Å². The summed E-state index contributed by atoms with van der Waals surface area (Å²) in [5.41, 5.74) is 8.91. The predicted octanol–water partition coefficient (Wildman–Crippen LogP) is 5.78. The van der Waals surface area contributed by atoms with Crippen LogP contribution in [0, 0.1) is 24.2 Å². The highest BCUT2D eigenvalue weighted by atomic mass is 14.4. The van der Waals surface area contributed by atoms with E-state index in [9.17, 15) is 0 Å². The van der Waals surface area contributed by atoms with Crippen LogP contribution in [0.3, 0.4) is 0 Å². The van der Waals surface area contributed by atoms with Gasteiger partial charge in [0.2, 0.25) is 0 Å². The Morgan fingerprint density at radius 3 is 2.87 bits per heavy atom. The third kappa shape index (κ3) is 3.27. The van der Waals surface area contributed by atoms with Crippen molar-refractivity contribution in [1.29, 1.82) is 5.26 Å². The van der Waals surface area contributed by atoms with E-state index in [2.05, 4.69) is 44.7 Å². The van der Waals surface area contributed by atoms with Gasteiger partial charge in [-0.05, 0) is 80.5 Å². The molecule has 0 saturated heterocycles. The molecule has 0 aliphatic heterocycles. The van der Waals surface area contributed by atoms with E-state index in [1.807, 2.05) is 0 Å². The molecule has 3 rings (SSSR count). The average Bonchev–Trinajstić information content (AvgIpc) is 2.51. The van der Waals surface area contributed by atoms with E-state index in [4.69, 9.17) is 5.26 Å². The number of allylic oxidation sites excluding steroid dienone is 3. The van der Waals surface area contributed by atoms with Crippen molar-refractivity contribution >= 4 is 0 Å². The number of nitrogens with zero attached hydrogens (tertiary/aromatic N) is 1. The van der Waals surface area contributed by atoms with Gasteiger partial charge < -0.3 is 0 Å². The first kappa shape index (κ1) is 16.1. The van der Waals surface area contributed by atoms with Crippen LogP contribution in [0.25, 0.3) is 0 Å². The highest BCUT2D eigenvalue weighted by Gasteiger charge is 2.33. The molecule has 2 aliphatic carbocycles. The molecule has 1 heteroatoms. The van der Waals surface area contributed by atoms with Crippen molar-refractivity contribution < 1.29 is 0 Å². The third-order valence-electron chi connectivity index (χ3n) is 5.56. The average molecular weight is 305 g/mol. The van der Waals surface area contributed by atoms with Gasteiger partial charge in [-0.25, -0.2) is 0 Å². The van der Waals surface area contributed by atoms with E-state index in [0.29, 0.717) is 18.3 Å². The molecule has 2 aliphatic rings. The Labute approximate surface area is 140 Å². The molecule has 0 fully saturated rings. The van der Waals surface area contributed by atoms with Crippen LogP contribution >= 0.6 is 0 Å². The van der Waals surface area contributed by atoms with Gasteiger partial charge in [0.05, 0.1) is 6.07 Å². The number of nitriles is 1. The zero-order valence-corrected chi connectivity index (χ0v) is 14.5. The summed E-state index contributed by atoms with van der Waals surface area (Å²) in [5.74, 6) is 1.19. The van der Waals surface area contributed by atoms with Crippen molar-refractivity contribution in [3.8, 4) is 6.07 Å². The van der Waals surface area contributed by atoms with Gasteiger partial charge in [0.25, 0.3) is 0 Å². The first-order chi connectivity index (χ1) is 11.1. The van der Waals surface area contributed by atoms with Gasteiger partial charge in [0.1, 0.15) is 0 Å². The summed E-state index contributed by atoms with van der Waals surface area (Å²) < 4.78 is 0. The van der Waals surface area contributed by atoms with E-state index < -0.39 is 0 Å². The number of unbranched alkanes of at least 4 members (excludes halogenated alkanes) is 2. The fourth-order valence-corrected chi connectivity index (χ4v) is 4.44. The van der Waals surface area contributed by atoms with Crippen LogP contribution in [-0.4, -0.2) is 0 Å². The first-order valence-corrected chi connectivity index (χ1v) is 8.94. The minimum absolute atomic E-state index is 0.549. The Morgan fingerprint density at radius 1 is 1.26 bits per heavy atom. The Hall–Kier alpha value is -1.81. The summed E-state index contributed by atoms with van der Waals surface area (Å²) in [7, 11) is 0. The molecule has 0 amide bonds. The predicted molar refractivity (Wildman–Crippen MR) is 96.4 cm³/mol. The number of rotatable bonds is 4. The third-order valence-corrected chi connectivity index (χ3v) is 5.56. The zero-order valence-electron chi connectivity index (χ0n) is 14.5. The van der Waals surface area contributed by atoms with E-state index in [0.717, 1.165) is 25.7 Å². The van der Waals surface area contributed by atoms with Crippen molar-refractivity contribution in [1.82, 2.24) is 0 Å². The number of benzene rings is 1. The minimum Gasteiger partial charge on any atom is -0.198 e. The molecule has 23 heavy (non-hydrogen) atoms. The van der Waals surface area contributed by atoms with Crippen molar-refractivity contribution in [3.63, 3.8) is 0 Å². The van der Waals surface area contributed by atoms with Gasteiger partial charge in [-0.1, -0.05) is 35.9 Å². The monoisotopic (exact) mass is 305 g/mol. The molecule has 2 atom stereocenters. The molecule has 0 N–H and O–H groups in total. The van der Waals surface area contributed by atoms with Crippen molar-refractivity contribution in [2.75, 3.05) is 0 Å². The maximum atomic E-state index is 8.66. The summed E-state index contributed by atoms with van der Waals surface area (Å²) >= 11 is 0. The largest absolute Gasteiger partial charge is 0.198 e. The van der Waals surface area contributed by atoms with E-state index in [-0.39, 0.29) is 0 Å². The highest BCUT2D eigenvalue weighted by Crippen LogP contribution is 2.47. The molecule has 0 bridgehead atoms. The molecule has 0 spiro atoms. The van der Waals surface area contributed by atoms with E-state index >= 15 is 0 Å². The van der Waals surface area contributed by atoms with Crippen LogP contribution in [0.1, 0.15) is 67.2 Å². The fraction of sp³-hybridized carbons (Fsp3) is 0.500. The molecule has 0 radical (unpaired) electrons. The molecule has 0 aromatic heterocycles. The molecule has 0 saturated carbocycles. The maximum Gasteiger partial charge on any atom is 0.0621 e. The number of hydrogen-bond donors (Lipinski definition) is 0. The lowest BCUT2D eigenvalue weighted by Crippen LogP contribution is -2.25. The Bertz CT molecular complexity index is 687. The van der Waals surface area contributed by atoms with E-state index in [1.165, 1.54) is 40.7 Å². The second kappa shape index (κ2) is 6.75. The standard InChI is InChI=1S/C22H27N/c1-15-8-9-20-16(2)13-19-14-18(7-5-4-6-10-23)12-17(3)22(19)21(20)11-15/h11-12,14,20-21H,2,4-9,13H2,1,3H3. The second-order valence-corrected chi connectivity index (χ2v) is 7.37. The molecule has 0 heterocycles. The normalized spacial score (nSPS) is 22.8. The van der Waals surface area contributed by atoms with Gasteiger partial charge in [-0.3, -0.25) is 0 Å². The lowest BCUT2D eigenvalue weighted by Gasteiger charge is -2.38. The maximum absolute atomic E-state index is 8.66. The Kier molecular flexibility index (Phi) is 4.71. The second-order valence-electron chi connectivity index (χ2n) is 7.37. The Morgan fingerprint density at radius 2 is 2.09 bits per heavy atom. The molecule has 1 aromatic rings. The van der Waals surface area contributed by atoms with E-state index in [1.54, 1.807) is 5.56 Å². The first-order valence-electron chi connectivity index (χ1n) is 8.94. The molecule has 1 aromatic carbocycles. The van der Waals surface area contributed by atoms with Crippen LogP contribution in [0.4, 0.5) is 0 Å². The lowest BCUT2D eigenvalue weighted by atomic mass is 9.66. The topological polar surface area (TPSA) is 23.8 Å². The number of aryl methyl sites for hydroxylation is 2. The lowest BCUT2D eigenvalue weighted by molar-refractivity contribution is 0.456. The van der Waals surface area contributed by atoms with Crippen LogP contribution in [0.2, 0.25) is 0 Å². The summed E-state index contributed by atoms with van der Waals surface area (Å²) in [6.07, 6.45) is 9.92. The summed E-state index contributed by atoms with van der Waals surface area (Å²) in [5, 5.41) is 8.66. The van der Waals surface area contributed by atoms with Crippen molar-refractivity contribution in [2.45, 2.75) is 64.7 Å². The van der Waals surface area contributed by atoms with Gasteiger partial charge in [0, 0.05) is 12.3 Å². The number of hydrogen-bond acceptors (Lipinski definition) is 1. The molecular weight excluding hydrogens is 278 g/mol. The fourth-order valence-electron chi connectivity index (χ4n) is 4.44. The van der Waals surface area contributed by atoms with Gasteiger partial charge in [-0.2, -0.15) is 5.26 Å². The quantitative estimate of drug-likeness (QED) is 0.510. The summed E-state index contributed by atoms with van der Waals surface area (Å²) in [4.78, 5) is 0. The van der Waals surface area contributed by atoms with Gasteiger partial charge in [-0.15, -0.1) is 0 Å². The van der Waals surface area contributed by atoms with Crippen LogP contribution in [0.15, 0.2) is 35.9 Å². The van der Waals surface area contributed by atoms with Crippen molar-refractivity contribution in [2.24, 2.45) is 5.92 Å². The van der Waals surface area contributed by atoms with Gasteiger partial charge in [0.15, 0.2) is 0 Å². The highest BCUT2D eigenvalue weighted by molar-refractivity contribution is 5.49. The van der Waals surface area contributed by atoms with Crippen LogP contribution in [0.5, 0.6) is 0 Å².